The van der Waals surface area contributed by atoms with Gasteiger partial charge in [0.1, 0.15) is 12.2 Å². The van der Waals surface area contributed by atoms with E-state index in [9.17, 15) is 4.79 Å². The van der Waals surface area contributed by atoms with E-state index in [0.29, 0.717) is 17.1 Å². The Morgan fingerprint density at radius 2 is 2.26 bits per heavy atom. The maximum atomic E-state index is 11.9. The van der Waals surface area contributed by atoms with Gasteiger partial charge in [-0.15, -0.1) is 0 Å². The molecule has 100 valence electrons. The number of carbonyl (C=O) groups excluding carboxylic acids is 1. The quantitative estimate of drug-likeness (QED) is 0.823. The molecule has 1 amide bonds. The maximum Gasteiger partial charge on any atom is 0.251 e. The number of hydrogen-bond donors (Lipinski definition) is 2. The molecule has 6 heteroatoms. The second-order valence-electron chi connectivity index (χ2n) is 4.31. The van der Waals surface area contributed by atoms with Gasteiger partial charge in [-0.1, -0.05) is 11.6 Å². The van der Waals surface area contributed by atoms with Crippen LogP contribution in [0.3, 0.4) is 0 Å². The number of aromatic amines is 1. The van der Waals surface area contributed by atoms with Crippen molar-refractivity contribution in [1.82, 2.24) is 20.5 Å². The SMILES string of the molecule is Cc1cc(Cl)cc(C(=O)NCCCc2ncn[nH]2)c1. The second-order valence-corrected chi connectivity index (χ2v) is 4.75. The minimum atomic E-state index is -0.108. The summed E-state index contributed by atoms with van der Waals surface area (Å²) in [6, 6.07) is 5.31. The van der Waals surface area contributed by atoms with Crippen molar-refractivity contribution in [2.75, 3.05) is 6.54 Å². The molecule has 5 nitrogen and oxygen atoms in total. The molecule has 2 aromatic rings. The van der Waals surface area contributed by atoms with Crippen molar-refractivity contribution in [3.8, 4) is 0 Å². The summed E-state index contributed by atoms with van der Waals surface area (Å²) in [5.41, 5.74) is 1.56. The Hall–Kier alpha value is -1.88. The lowest BCUT2D eigenvalue weighted by Crippen LogP contribution is -2.24. The predicted octanol–water partition coefficient (Wildman–Crippen LogP) is 2.13. The van der Waals surface area contributed by atoms with Crippen molar-refractivity contribution in [1.29, 1.82) is 0 Å². The molecular weight excluding hydrogens is 264 g/mol. The minimum absolute atomic E-state index is 0.108. The summed E-state index contributed by atoms with van der Waals surface area (Å²) in [7, 11) is 0. The van der Waals surface area contributed by atoms with Crippen molar-refractivity contribution < 1.29 is 4.79 Å². The molecule has 1 aromatic carbocycles. The summed E-state index contributed by atoms with van der Waals surface area (Å²) in [4.78, 5) is 15.9. The van der Waals surface area contributed by atoms with Crippen LogP contribution in [0.25, 0.3) is 0 Å². The summed E-state index contributed by atoms with van der Waals surface area (Å²) in [6.07, 6.45) is 3.04. The lowest BCUT2D eigenvalue weighted by molar-refractivity contribution is 0.0953. The fraction of sp³-hybridized carbons (Fsp3) is 0.308. The molecule has 0 radical (unpaired) electrons. The molecule has 0 saturated heterocycles. The molecule has 19 heavy (non-hydrogen) atoms. The van der Waals surface area contributed by atoms with Crippen molar-refractivity contribution in [2.45, 2.75) is 19.8 Å². The van der Waals surface area contributed by atoms with Crippen LogP contribution in [0.1, 0.15) is 28.2 Å². The molecule has 0 aliphatic carbocycles. The van der Waals surface area contributed by atoms with Crippen LogP contribution < -0.4 is 5.32 Å². The number of nitrogens with zero attached hydrogens (tertiary/aromatic N) is 2. The second kappa shape index (κ2) is 6.33. The molecule has 0 atom stereocenters. The van der Waals surface area contributed by atoms with E-state index in [1.54, 1.807) is 6.07 Å². The number of aryl methyl sites for hydroxylation is 2. The van der Waals surface area contributed by atoms with Gasteiger partial charge in [0.15, 0.2) is 0 Å². The van der Waals surface area contributed by atoms with E-state index in [2.05, 4.69) is 20.5 Å². The Balaban J connectivity index is 1.80. The number of hydrogen-bond acceptors (Lipinski definition) is 3. The van der Waals surface area contributed by atoms with E-state index in [1.807, 2.05) is 19.1 Å². The van der Waals surface area contributed by atoms with Crippen LogP contribution >= 0.6 is 11.6 Å². The zero-order chi connectivity index (χ0) is 13.7. The van der Waals surface area contributed by atoms with Gasteiger partial charge in [0, 0.05) is 23.6 Å². The van der Waals surface area contributed by atoms with E-state index in [-0.39, 0.29) is 5.91 Å². The molecule has 0 fully saturated rings. The number of benzene rings is 1. The van der Waals surface area contributed by atoms with Crippen LogP contribution in [-0.2, 0) is 6.42 Å². The number of carbonyl (C=O) groups is 1. The van der Waals surface area contributed by atoms with Crippen LogP contribution in [0.5, 0.6) is 0 Å². The summed E-state index contributed by atoms with van der Waals surface area (Å²) in [5, 5.41) is 9.98. The van der Waals surface area contributed by atoms with Gasteiger partial charge in [-0.25, -0.2) is 4.98 Å². The van der Waals surface area contributed by atoms with E-state index < -0.39 is 0 Å². The molecular formula is C13H15ClN4O. The zero-order valence-electron chi connectivity index (χ0n) is 10.6. The molecule has 2 rings (SSSR count). The third kappa shape index (κ3) is 4.06. The van der Waals surface area contributed by atoms with E-state index in [1.165, 1.54) is 6.33 Å². The molecule has 0 bridgehead atoms. The van der Waals surface area contributed by atoms with Gasteiger partial charge in [-0.05, 0) is 37.1 Å². The van der Waals surface area contributed by atoms with Gasteiger partial charge in [0.2, 0.25) is 0 Å². The van der Waals surface area contributed by atoms with Gasteiger partial charge in [0.05, 0.1) is 0 Å². The Morgan fingerprint density at radius 1 is 1.42 bits per heavy atom. The third-order valence-electron chi connectivity index (χ3n) is 2.65. The standard InChI is InChI=1S/C13H15ClN4O/c1-9-5-10(7-11(14)6-9)13(19)15-4-2-3-12-16-8-17-18-12/h5-8H,2-4H2,1H3,(H,15,19)(H,16,17,18). The average molecular weight is 279 g/mol. The topological polar surface area (TPSA) is 70.7 Å². The van der Waals surface area contributed by atoms with Gasteiger partial charge in [-0.3, -0.25) is 9.89 Å². The molecule has 1 aromatic heterocycles. The van der Waals surface area contributed by atoms with E-state index in [0.717, 1.165) is 24.2 Å². The third-order valence-corrected chi connectivity index (χ3v) is 2.86. The smallest absolute Gasteiger partial charge is 0.251 e. The van der Waals surface area contributed by atoms with Gasteiger partial charge < -0.3 is 5.32 Å². The molecule has 1 heterocycles. The Labute approximate surface area is 116 Å². The highest BCUT2D eigenvalue weighted by Crippen LogP contribution is 2.14. The molecule has 0 aliphatic heterocycles. The first kappa shape index (κ1) is 13.5. The number of rotatable bonds is 5. The number of amides is 1. The fourth-order valence-corrected chi connectivity index (χ4v) is 2.07. The highest BCUT2D eigenvalue weighted by molar-refractivity contribution is 6.31. The summed E-state index contributed by atoms with van der Waals surface area (Å²) < 4.78 is 0. The largest absolute Gasteiger partial charge is 0.352 e. The van der Waals surface area contributed by atoms with Crippen LogP contribution in [0.15, 0.2) is 24.5 Å². The Morgan fingerprint density at radius 3 is 2.95 bits per heavy atom. The molecule has 0 spiro atoms. The normalized spacial score (nSPS) is 10.4. The monoisotopic (exact) mass is 278 g/mol. The lowest BCUT2D eigenvalue weighted by atomic mass is 10.1. The summed E-state index contributed by atoms with van der Waals surface area (Å²) in [6.45, 7) is 2.50. The van der Waals surface area contributed by atoms with Crippen LogP contribution in [0.4, 0.5) is 0 Å². The summed E-state index contributed by atoms with van der Waals surface area (Å²) in [5.74, 6) is 0.719. The van der Waals surface area contributed by atoms with E-state index >= 15 is 0 Å². The van der Waals surface area contributed by atoms with Crippen molar-refractivity contribution >= 4 is 17.5 Å². The molecule has 0 saturated carbocycles. The molecule has 2 N–H and O–H groups in total. The summed E-state index contributed by atoms with van der Waals surface area (Å²) >= 11 is 5.92. The first-order valence-corrected chi connectivity index (χ1v) is 6.42. The van der Waals surface area contributed by atoms with Crippen molar-refractivity contribution in [3.63, 3.8) is 0 Å². The van der Waals surface area contributed by atoms with Gasteiger partial charge in [-0.2, -0.15) is 5.10 Å². The lowest BCUT2D eigenvalue weighted by Gasteiger charge is -2.06. The fourth-order valence-electron chi connectivity index (χ4n) is 1.78. The predicted molar refractivity (Wildman–Crippen MR) is 73.2 cm³/mol. The maximum absolute atomic E-state index is 11.9. The van der Waals surface area contributed by atoms with E-state index in [4.69, 9.17) is 11.6 Å². The molecule has 0 aliphatic rings. The first-order valence-electron chi connectivity index (χ1n) is 6.05. The number of H-pyrrole nitrogens is 1. The van der Waals surface area contributed by atoms with Crippen LogP contribution in [0.2, 0.25) is 5.02 Å². The number of nitrogens with one attached hydrogen (secondary N) is 2. The van der Waals surface area contributed by atoms with Crippen molar-refractivity contribution in [2.24, 2.45) is 0 Å². The molecule has 0 unspecified atom stereocenters. The highest BCUT2D eigenvalue weighted by Gasteiger charge is 2.06. The van der Waals surface area contributed by atoms with Crippen molar-refractivity contribution in [3.05, 3.63) is 46.5 Å². The van der Waals surface area contributed by atoms with Gasteiger partial charge >= 0.3 is 0 Å². The zero-order valence-corrected chi connectivity index (χ0v) is 11.4. The Bertz CT molecular complexity index is 534. The number of halogens is 1. The highest BCUT2D eigenvalue weighted by atomic mass is 35.5. The first-order chi connectivity index (χ1) is 9.15. The average Bonchev–Trinajstić information content (AvgIpc) is 2.86. The van der Waals surface area contributed by atoms with Crippen LogP contribution in [-0.4, -0.2) is 27.6 Å². The number of aromatic nitrogens is 3. The van der Waals surface area contributed by atoms with Gasteiger partial charge in [0.25, 0.3) is 5.91 Å². The Kier molecular flexibility index (Phi) is 4.52. The minimum Gasteiger partial charge on any atom is -0.352 e. The van der Waals surface area contributed by atoms with Crippen LogP contribution in [0, 0.1) is 6.92 Å².